The molecule has 0 radical (unpaired) electrons. The van der Waals surface area contributed by atoms with E-state index in [-0.39, 0.29) is 5.92 Å². The number of anilines is 2. The highest BCUT2D eigenvalue weighted by Crippen LogP contribution is 2.16. The first-order valence-electron chi connectivity index (χ1n) is 6.16. The molecule has 96 valence electrons. The van der Waals surface area contributed by atoms with Gasteiger partial charge in [-0.1, -0.05) is 34.1 Å². The van der Waals surface area contributed by atoms with E-state index in [1.54, 1.807) is 0 Å². The molecule has 1 rings (SSSR count). The van der Waals surface area contributed by atoms with Gasteiger partial charge >= 0.3 is 0 Å². The summed E-state index contributed by atoms with van der Waals surface area (Å²) in [6.07, 6.45) is 1.15. The number of nitrogens with one attached hydrogen (secondary N) is 2. The lowest BCUT2D eigenvalue weighted by molar-refractivity contribution is 0.592. The summed E-state index contributed by atoms with van der Waals surface area (Å²) in [5.74, 6) is 8.59. The molecule has 0 spiro atoms. The Bertz CT molecular complexity index is 351. The number of nitrogens with two attached hydrogens (primary N) is 1. The van der Waals surface area contributed by atoms with Gasteiger partial charge in [-0.25, -0.2) is 15.8 Å². The third-order valence-corrected chi connectivity index (χ3v) is 2.74. The van der Waals surface area contributed by atoms with Gasteiger partial charge in [0, 0.05) is 18.5 Å². The van der Waals surface area contributed by atoms with Crippen LogP contribution in [-0.2, 0) is 0 Å². The lowest BCUT2D eigenvalue weighted by Gasteiger charge is -2.13. The van der Waals surface area contributed by atoms with Gasteiger partial charge in [-0.3, -0.25) is 0 Å². The largest absolute Gasteiger partial charge is 0.370 e. The first-order valence-corrected chi connectivity index (χ1v) is 6.16. The van der Waals surface area contributed by atoms with E-state index in [4.69, 9.17) is 5.84 Å². The summed E-state index contributed by atoms with van der Waals surface area (Å²) in [6, 6.07) is 1.83. The molecule has 0 bridgehead atoms. The summed E-state index contributed by atoms with van der Waals surface area (Å²) in [5, 5.41) is 3.32. The highest BCUT2D eigenvalue weighted by Gasteiger charge is 2.08. The van der Waals surface area contributed by atoms with E-state index in [1.807, 2.05) is 6.07 Å². The van der Waals surface area contributed by atoms with Crippen molar-refractivity contribution in [2.75, 3.05) is 17.3 Å². The number of rotatable bonds is 6. The summed E-state index contributed by atoms with van der Waals surface area (Å²) in [5.41, 5.74) is 2.57. The quantitative estimate of drug-likeness (QED) is 0.523. The molecule has 0 aliphatic heterocycles. The number of hydrazine groups is 1. The van der Waals surface area contributed by atoms with Crippen molar-refractivity contribution in [3.63, 3.8) is 0 Å². The predicted octanol–water partition coefficient (Wildman–Crippen LogP) is 2.34. The maximum absolute atomic E-state index is 5.40. The zero-order chi connectivity index (χ0) is 12.8. The van der Waals surface area contributed by atoms with Crippen LogP contribution in [0.5, 0.6) is 0 Å². The van der Waals surface area contributed by atoms with Crippen molar-refractivity contribution in [1.29, 1.82) is 0 Å². The number of hydrogen-bond donors (Lipinski definition) is 3. The van der Waals surface area contributed by atoms with Crippen molar-refractivity contribution in [2.24, 2.45) is 11.8 Å². The Morgan fingerprint density at radius 1 is 1.24 bits per heavy atom. The minimum atomic E-state index is 0.285. The highest BCUT2D eigenvalue weighted by molar-refractivity contribution is 5.47. The average Bonchev–Trinajstić information content (AvgIpc) is 2.35. The second-order valence-electron chi connectivity index (χ2n) is 4.69. The maximum Gasteiger partial charge on any atom is 0.145 e. The first kappa shape index (κ1) is 13.7. The van der Waals surface area contributed by atoms with Crippen LogP contribution >= 0.6 is 0 Å². The van der Waals surface area contributed by atoms with E-state index in [1.165, 1.54) is 0 Å². The Labute approximate surface area is 103 Å². The van der Waals surface area contributed by atoms with Crippen molar-refractivity contribution < 1.29 is 0 Å². The predicted molar refractivity (Wildman–Crippen MR) is 71.9 cm³/mol. The van der Waals surface area contributed by atoms with Gasteiger partial charge in [0.15, 0.2) is 0 Å². The van der Waals surface area contributed by atoms with E-state index in [9.17, 15) is 0 Å². The fourth-order valence-electron chi connectivity index (χ4n) is 1.31. The Morgan fingerprint density at radius 2 is 1.88 bits per heavy atom. The summed E-state index contributed by atoms with van der Waals surface area (Å²) in [6.45, 7) is 9.43. The fourth-order valence-corrected chi connectivity index (χ4v) is 1.31. The van der Waals surface area contributed by atoms with Crippen LogP contribution in [0.3, 0.4) is 0 Å². The SMILES string of the molecule is CCC(C)CNc1cc(NN)nc(C(C)C)n1. The molecule has 1 atom stereocenters. The molecule has 1 unspecified atom stereocenters. The number of hydrogen-bond acceptors (Lipinski definition) is 5. The summed E-state index contributed by atoms with van der Waals surface area (Å²) >= 11 is 0. The Morgan fingerprint density at radius 3 is 2.41 bits per heavy atom. The van der Waals surface area contributed by atoms with Crippen LogP contribution in [0.4, 0.5) is 11.6 Å². The molecule has 1 heterocycles. The number of aromatic nitrogens is 2. The molecule has 1 aromatic heterocycles. The zero-order valence-corrected chi connectivity index (χ0v) is 11.1. The van der Waals surface area contributed by atoms with E-state index in [0.29, 0.717) is 11.7 Å². The normalized spacial score (nSPS) is 12.6. The molecule has 0 aliphatic rings. The lowest BCUT2D eigenvalue weighted by Crippen LogP contribution is -2.15. The molecule has 0 saturated heterocycles. The van der Waals surface area contributed by atoms with Gasteiger partial charge in [0.1, 0.15) is 17.5 Å². The van der Waals surface area contributed by atoms with Crippen LogP contribution in [0.1, 0.15) is 45.9 Å². The molecule has 0 aliphatic carbocycles. The molecule has 5 heteroatoms. The molecule has 5 nitrogen and oxygen atoms in total. The minimum Gasteiger partial charge on any atom is -0.370 e. The zero-order valence-electron chi connectivity index (χ0n) is 11.1. The van der Waals surface area contributed by atoms with E-state index in [0.717, 1.165) is 24.6 Å². The molecule has 4 N–H and O–H groups in total. The Kier molecular flexibility index (Phi) is 5.15. The molecule has 1 aromatic rings. The topological polar surface area (TPSA) is 75.9 Å². The Hall–Kier alpha value is -1.36. The molecule has 0 amide bonds. The summed E-state index contributed by atoms with van der Waals surface area (Å²) < 4.78 is 0. The van der Waals surface area contributed by atoms with Crippen molar-refractivity contribution in [1.82, 2.24) is 9.97 Å². The molecule has 0 saturated carbocycles. The highest BCUT2D eigenvalue weighted by atomic mass is 15.3. The fraction of sp³-hybridized carbons (Fsp3) is 0.667. The average molecular weight is 237 g/mol. The lowest BCUT2D eigenvalue weighted by atomic mass is 10.1. The van der Waals surface area contributed by atoms with Gasteiger partial charge in [0.05, 0.1) is 0 Å². The van der Waals surface area contributed by atoms with Crippen LogP contribution < -0.4 is 16.6 Å². The molecular formula is C12H23N5. The maximum atomic E-state index is 5.40. The van der Waals surface area contributed by atoms with Crippen molar-refractivity contribution in [3.05, 3.63) is 11.9 Å². The molecular weight excluding hydrogens is 214 g/mol. The third-order valence-electron chi connectivity index (χ3n) is 2.74. The molecule has 0 aromatic carbocycles. The third kappa shape index (κ3) is 4.19. The smallest absolute Gasteiger partial charge is 0.145 e. The second kappa shape index (κ2) is 6.39. The van der Waals surface area contributed by atoms with Gasteiger partial charge in [0.2, 0.25) is 0 Å². The molecule has 0 fully saturated rings. The summed E-state index contributed by atoms with van der Waals surface area (Å²) in [4.78, 5) is 8.78. The van der Waals surface area contributed by atoms with Crippen LogP contribution in [-0.4, -0.2) is 16.5 Å². The van der Waals surface area contributed by atoms with Crippen molar-refractivity contribution in [2.45, 2.75) is 40.0 Å². The molecule has 17 heavy (non-hydrogen) atoms. The second-order valence-corrected chi connectivity index (χ2v) is 4.69. The van der Waals surface area contributed by atoms with Crippen LogP contribution in [0.25, 0.3) is 0 Å². The summed E-state index contributed by atoms with van der Waals surface area (Å²) in [7, 11) is 0. The van der Waals surface area contributed by atoms with E-state index >= 15 is 0 Å². The van der Waals surface area contributed by atoms with E-state index in [2.05, 4.69) is 48.4 Å². The first-order chi connectivity index (χ1) is 8.06. The number of nitrogen functional groups attached to an aromatic ring is 1. The van der Waals surface area contributed by atoms with Gasteiger partial charge in [0.25, 0.3) is 0 Å². The minimum absolute atomic E-state index is 0.285. The van der Waals surface area contributed by atoms with Gasteiger partial charge in [-0.05, 0) is 5.92 Å². The van der Waals surface area contributed by atoms with Crippen LogP contribution in [0.2, 0.25) is 0 Å². The van der Waals surface area contributed by atoms with E-state index < -0.39 is 0 Å². The van der Waals surface area contributed by atoms with Gasteiger partial charge in [-0.2, -0.15) is 0 Å². The van der Waals surface area contributed by atoms with Crippen molar-refractivity contribution in [3.8, 4) is 0 Å². The Balaban J connectivity index is 2.80. The van der Waals surface area contributed by atoms with Gasteiger partial charge in [-0.15, -0.1) is 0 Å². The number of nitrogens with zero attached hydrogens (tertiary/aromatic N) is 2. The standard InChI is InChI=1S/C12H23N5/c1-5-9(4)7-14-10-6-11(17-13)16-12(15-10)8(2)3/h6,8-9H,5,7,13H2,1-4H3,(H2,14,15,16,17). The van der Waals surface area contributed by atoms with Gasteiger partial charge < -0.3 is 10.7 Å². The van der Waals surface area contributed by atoms with Crippen LogP contribution in [0, 0.1) is 5.92 Å². The van der Waals surface area contributed by atoms with Crippen LogP contribution in [0.15, 0.2) is 6.07 Å². The van der Waals surface area contributed by atoms with Crippen molar-refractivity contribution >= 4 is 11.6 Å². The monoisotopic (exact) mass is 237 g/mol.